The molecule has 23 heavy (non-hydrogen) atoms. The first kappa shape index (κ1) is 17.1. The third-order valence-electron chi connectivity index (χ3n) is 3.27. The zero-order valence-electron chi connectivity index (χ0n) is 12.3. The molecule has 0 aromatic heterocycles. The van der Waals surface area contributed by atoms with Crippen molar-refractivity contribution in [3.05, 3.63) is 58.6 Å². The highest BCUT2D eigenvalue weighted by Gasteiger charge is 2.30. The van der Waals surface area contributed by atoms with Crippen LogP contribution in [0.3, 0.4) is 0 Å². The molecule has 0 saturated carbocycles. The summed E-state index contributed by atoms with van der Waals surface area (Å²) >= 11 is 5.87. The Bertz CT molecular complexity index is 714. The van der Waals surface area contributed by atoms with Gasteiger partial charge in [-0.2, -0.15) is 13.2 Å². The van der Waals surface area contributed by atoms with E-state index in [0.29, 0.717) is 16.5 Å². The number of ether oxygens (including phenoxy) is 1. The van der Waals surface area contributed by atoms with E-state index in [-0.39, 0.29) is 5.56 Å². The van der Waals surface area contributed by atoms with Crippen molar-refractivity contribution in [3.63, 3.8) is 0 Å². The number of amides is 1. The van der Waals surface area contributed by atoms with Crippen LogP contribution in [0.25, 0.3) is 0 Å². The molecule has 122 valence electrons. The Balaban J connectivity index is 2.30. The maximum Gasteiger partial charge on any atom is 0.416 e. The third-order valence-corrected chi connectivity index (χ3v) is 3.50. The van der Waals surface area contributed by atoms with Crippen LogP contribution >= 0.6 is 11.6 Å². The van der Waals surface area contributed by atoms with Gasteiger partial charge in [0, 0.05) is 23.7 Å². The Kier molecular flexibility index (Phi) is 4.85. The average Bonchev–Trinajstić information content (AvgIpc) is 2.52. The molecule has 2 rings (SSSR count). The summed E-state index contributed by atoms with van der Waals surface area (Å²) in [6.45, 7) is 0. The van der Waals surface area contributed by atoms with E-state index >= 15 is 0 Å². The van der Waals surface area contributed by atoms with Crippen LogP contribution in [0.1, 0.15) is 15.9 Å². The molecule has 0 saturated heterocycles. The highest BCUT2D eigenvalue weighted by atomic mass is 35.5. The van der Waals surface area contributed by atoms with Gasteiger partial charge in [0.05, 0.1) is 18.4 Å². The molecule has 0 aliphatic heterocycles. The topological polar surface area (TPSA) is 29.5 Å². The first-order valence-corrected chi connectivity index (χ1v) is 6.90. The van der Waals surface area contributed by atoms with E-state index in [1.807, 2.05) is 0 Å². The van der Waals surface area contributed by atoms with Crippen LogP contribution in [0.5, 0.6) is 5.75 Å². The molecule has 0 aliphatic rings. The van der Waals surface area contributed by atoms with Crippen molar-refractivity contribution in [2.45, 2.75) is 6.18 Å². The first-order chi connectivity index (χ1) is 10.7. The second kappa shape index (κ2) is 6.50. The van der Waals surface area contributed by atoms with E-state index < -0.39 is 17.6 Å². The number of alkyl halides is 3. The van der Waals surface area contributed by atoms with E-state index in [9.17, 15) is 18.0 Å². The van der Waals surface area contributed by atoms with E-state index in [1.165, 1.54) is 19.1 Å². The number of rotatable bonds is 3. The van der Waals surface area contributed by atoms with Gasteiger partial charge < -0.3 is 9.64 Å². The summed E-state index contributed by atoms with van der Waals surface area (Å²) in [5, 5.41) is 0.445. The lowest BCUT2D eigenvalue weighted by Crippen LogP contribution is -2.26. The lowest BCUT2D eigenvalue weighted by molar-refractivity contribution is -0.137. The molecule has 0 atom stereocenters. The standard InChI is InChI=1S/C16H13ClF3NO2/c1-21(13-8-7-12(17)9-14(13)23-2)15(22)10-3-5-11(6-4-10)16(18,19)20/h3-9H,1-2H3. The Labute approximate surface area is 136 Å². The van der Waals surface area contributed by atoms with Crippen molar-refractivity contribution in [1.29, 1.82) is 0 Å². The van der Waals surface area contributed by atoms with Crippen molar-refractivity contribution in [2.75, 3.05) is 19.1 Å². The highest BCUT2D eigenvalue weighted by molar-refractivity contribution is 6.30. The van der Waals surface area contributed by atoms with Crippen molar-refractivity contribution in [2.24, 2.45) is 0 Å². The molecule has 0 unspecified atom stereocenters. The average molecular weight is 344 g/mol. The quantitative estimate of drug-likeness (QED) is 0.812. The van der Waals surface area contributed by atoms with Gasteiger partial charge in [-0.3, -0.25) is 4.79 Å². The van der Waals surface area contributed by atoms with Crippen molar-refractivity contribution < 1.29 is 22.7 Å². The predicted octanol–water partition coefficient (Wildman–Crippen LogP) is 4.64. The summed E-state index contributed by atoms with van der Waals surface area (Å²) in [5.74, 6) is -0.0698. The number of carbonyl (C=O) groups excluding carboxylic acids is 1. The van der Waals surface area contributed by atoms with Gasteiger partial charge in [0.15, 0.2) is 0 Å². The van der Waals surface area contributed by atoms with Gasteiger partial charge >= 0.3 is 6.18 Å². The first-order valence-electron chi connectivity index (χ1n) is 6.53. The lowest BCUT2D eigenvalue weighted by atomic mass is 10.1. The van der Waals surface area contributed by atoms with Gasteiger partial charge in [-0.25, -0.2) is 0 Å². The molecule has 0 N–H and O–H groups in total. The molecule has 0 heterocycles. The number of carbonyl (C=O) groups is 1. The molecular weight excluding hydrogens is 331 g/mol. The minimum atomic E-state index is -4.44. The number of nitrogens with zero attached hydrogens (tertiary/aromatic N) is 1. The molecular formula is C16H13ClF3NO2. The van der Waals surface area contributed by atoms with Crippen molar-refractivity contribution in [1.82, 2.24) is 0 Å². The SMILES string of the molecule is COc1cc(Cl)ccc1N(C)C(=O)c1ccc(C(F)(F)F)cc1. The number of hydrogen-bond acceptors (Lipinski definition) is 2. The van der Waals surface area contributed by atoms with E-state index in [2.05, 4.69) is 0 Å². The van der Waals surface area contributed by atoms with Crippen LogP contribution in [0, 0.1) is 0 Å². The highest BCUT2D eigenvalue weighted by Crippen LogP contribution is 2.32. The van der Waals surface area contributed by atoms with Crippen LogP contribution in [-0.4, -0.2) is 20.1 Å². The number of benzene rings is 2. The van der Waals surface area contributed by atoms with Crippen LogP contribution < -0.4 is 9.64 Å². The zero-order valence-corrected chi connectivity index (χ0v) is 13.1. The molecule has 3 nitrogen and oxygen atoms in total. The van der Waals surface area contributed by atoms with Crippen molar-refractivity contribution >= 4 is 23.2 Å². The van der Waals surface area contributed by atoms with Gasteiger partial charge in [-0.15, -0.1) is 0 Å². The molecule has 1 amide bonds. The molecule has 0 aliphatic carbocycles. The second-order valence-corrected chi connectivity index (χ2v) is 5.19. The summed E-state index contributed by atoms with van der Waals surface area (Å²) in [6, 6.07) is 8.78. The summed E-state index contributed by atoms with van der Waals surface area (Å²) < 4.78 is 42.8. The predicted molar refractivity (Wildman–Crippen MR) is 82.2 cm³/mol. The van der Waals surface area contributed by atoms with E-state index in [1.54, 1.807) is 18.2 Å². The zero-order chi connectivity index (χ0) is 17.2. The van der Waals surface area contributed by atoms with E-state index in [4.69, 9.17) is 16.3 Å². The summed E-state index contributed by atoms with van der Waals surface area (Å²) in [5.41, 5.74) is -0.208. The molecule has 0 fully saturated rings. The van der Waals surface area contributed by atoms with Gasteiger partial charge in [0.25, 0.3) is 5.91 Å². The van der Waals surface area contributed by atoms with Crippen LogP contribution in [-0.2, 0) is 6.18 Å². The van der Waals surface area contributed by atoms with Gasteiger partial charge in [-0.1, -0.05) is 11.6 Å². The number of halogens is 4. The smallest absolute Gasteiger partial charge is 0.416 e. The minimum absolute atomic E-state index is 0.137. The number of hydrogen-bond donors (Lipinski definition) is 0. The summed E-state index contributed by atoms with van der Waals surface area (Å²) in [6.07, 6.45) is -4.44. The van der Waals surface area contributed by atoms with E-state index in [0.717, 1.165) is 24.3 Å². The Morgan fingerprint density at radius 3 is 2.26 bits per heavy atom. The van der Waals surface area contributed by atoms with Crippen molar-refractivity contribution in [3.8, 4) is 5.75 Å². The maximum atomic E-state index is 12.6. The largest absolute Gasteiger partial charge is 0.495 e. The molecule has 2 aromatic rings. The van der Waals surface area contributed by atoms with Crippen LogP contribution in [0.2, 0.25) is 5.02 Å². The third kappa shape index (κ3) is 3.76. The Morgan fingerprint density at radius 2 is 1.74 bits per heavy atom. The molecule has 0 spiro atoms. The van der Waals surface area contributed by atoms with Crippen LogP contribution in [0.15, 0.2) is 42.5 Å². The molecule has 2 aromatic carbocycles. The monoisotopic (exact) mass is 343 g/mol. The molecule has 0 radical (unpaired) electrons. The Hall–Kier alpha value is -2.21. The Morgan fingerprint density at radius 1 is 1.13 bits per heavy atom. The molecule has 7 heteroatoms. The normalized spacial score (nSPS) is 11.2. The van der Waals surface area contributed by atoms with Gasteiger partial charge in [0.2, 0.25) is 0 Å². The number of anilines is 1. The van der Waals surface area contributed by atoms with Gasteiger partial charge in [0.1, 0.15) is 5.75 Å². The second-order valence-electron chi connectivity index (χ2n) is 4.76. The van der Waals surface area contributed by atoms with Gasteiger partial charge in [-0.05, 0) is 36.4 Å². The fourth-order valence-corrected chi connectivity index (χ4v) is 2.20. The minimum Gasteiger partial charge on any atom is -0.495 e. The molecule has 0 bridgehead atoms. The number of methoxy groups -OCH3 is 1. The summed E-state index contributed by atoms with van der Waals surface area (Å²) in [4.78, 5) is 13.7. The fourth-order valence-electron chi connectivity index (χ4n) is 2.03. The van der Waals surface area contributed by atoms with Crippen LogP contribution in [0.4, 0.5) is 18.9 Å². The maximum absolute atomic E-state index is 12.6. The lowest BCUT2D eigenvalue weighted by Gasteiger charge is -2.20. The summed E-state index contributed by atoms with van der Waals surface area (Å²) in [7, 11) is 2.94. The fraction of sp³-hybridized carbons (Fsp3) is 0.188.